The maximum atomic E-state index is 5.93. The second-order valence-corrected chi connectivity index (χ2v) is 14.9. The molecule has 0 amide bonds. The van der Waals surface area contributed by atoms with Crippen LogP contribution in [-0.2, 0) is 20.6 Å². The van der Waals surface area contributed by atoms with Gasteiger partial charge in [0, 0.05) is 62.4 Å². The number of likely N-dealkylation sites (tertiary alicyclic amines) is 1. The van der Waals surface area contributed by atoms with E-state index in [2.05, 4.69) is 38.7 Å². The van der Waals surface area contributed by atoms with Crippen molar-refractivity contribution in [3.05, 3.63) is 35.4 Å². The van der Waals surface area contributed by atoms with Gasteiger partial charge in [-0.25, -0.2) is 4.98 Å². The average molecular weight is 607 g/mol. The largest absolute Gasteiger partial charge is 0.382 e. The molecule has 3 aliphatic heterocycles. The van der Waals surface area contributed by atoms with Crippen molar-refractivity contribution in [2.24, 2.45) is 11.8 Å². The Kier molecular flexibility index (Phi) is 10.6. The highest BCUT2D eigenvalue weighted by molar-refractivity contribution is 5.53. The van der Waals surface area contributed by atoms with Crippen molar-refractivity contribution in [2.75, 3.05) is 59.8 Å². The van der Waals surface area contributed by atoms with E-state index >= 15 is 0 Å². The molecule has 6 aliphatic rings. The fourth-order valence-electron chi connectivity index (χ4n) is 10.2. The zero-order valence-electron chi connectivity index (χ0n) is 27.4. The lowest BCUT2D eigenvalue weighted by molar-refractivity contribution is -0.0494. The standard InChI is InChI=1S/C37H58N4O3/c1-42-18-19-44-21-20-43-17-16-39-15-7-10-30(27-39)37-38-35-13-3-2-4-14-36(35)41(37)34-25-31-11-6-12-32(26-34)40(31)33-23-28-8-5-9-29(22-28)24-33/h2-4,13,28-34H,5-12,14-27H2,1H3. The van der Waals surface area contributed by atoms with Gasteiger partial charge in [-0.05, 0) is 82.2 Å². The Balaban J connectivity index is 1.04. The molecule has 7 heteroatoms. The third-order valence-electron chi connectivity index (χ3n) is 12.0. The number of hydrogen-bond donors (Lipinski definition) is 0. The molecule has 0 spiro atoms. The van der Waals surface area contributed by atoms with Crippen molar-refractivity contribution in [1.29, 1.82) is 0 Å². The van der Waals surface area contributed by atoms with Gasteiger partial charge in [0.25, 0.3) is 0 Å². The Hall–Kier alpha value is -1.51. The van der Waals surface area contributed by atoms with Crippen LogP contribution in [0.1, 0.15) is 113 Å². The van der Waals surface area contributed by atoms with Crippen molar-refractivity contribution in [3.63, 3.8) is 0 Å². The van der Waals surface area contributed by atoms with Gasteiger partial charge < -0.3 is 23.7 Å². The summed E-state index contributed by atoms with van der Waals surface area (Å²) >= 11 is 0. The molecule has 4 bridgehead atoms. The van der Waals surface area contributed by atoms with Crippen LogP contribution in [0.3, 0.4) is 0 Å². The number of piperidine rings is 3. The highest BCUT2D eigenvalue weighted by atomic mass is 16.5. The quantitative estimate of drug-likeness (QED) is 0.257. The fourth-order valence-corrected chi connectivity index (χ4v) is 10.2. The molecule has 5 atom stereocenters. The van der Waals surface area contributed by atoms with Crippen molar-refractivity contribution < 1.29 is 14.2 Å². The van der Waals surface area contributed by atoms with Gasteiger partial charge in [-0.1, -0.05) is 43.9 Å². The van der Waals surface area contributed by atoms with Crippen LogP contribution < -0.4 is 0 Å². The van der Waals surface area contributed by atoms with Crippen LogP contribution in [0.5, 0.6) is 0 Å². The highest BCUT2D eigenvalue weighted by Gasteiger charge is 2.46. The second-order valence-electron chi connectivity index (χ2n) is 14.9. The van der Waals surface area contributed by atoms with Crippen LogP contribution in [0.2, 0.25) is 0 Å². The Morgan fingerprint density at radius 1 is 0.750 bits per heavy atom. The van der Waals surface area contributed by atoms with Crippen molar-refractivity contribution in [1.82, 2.24) is 19.4 Å². The number of ether oxygens (including phenoxy) is 3. The van der Waals surface area contributed by atoms with Gasteiger partial charge in [-0.3, -0.25) is 4.90 Å². The maximum Gasteiger partial charge on any atom is 0.114 e. The number of imidazole rings is 1. The molecular weight excluding hydrogens is 548 g/mol. The lowest BCUT2D eigenvalue weighted by Gasteiger charge is -2.55. The second kappa shape index (κ2) is 14.9. The first-order valence-electron chi connectivity index (χ1n) is 18.3. The van der Waals surface area contributed by atoms with Crippen LogP contribution >= 0.6 is 0 Å². The molecule has 1 aromatic heterocycles. The molecule has 3 saturated heterocycles. The Morgan fingerprint density at radius 2 is 1.50 bits per heavy atom. The molecule has 0 N–H and O–H groups in total. The molecule has 7 nitrogen and oxygen atoms in total. The SMILES string of the molecule is COCCOCCOCCN1CCCC(c2nc3c(n2C2CC4CCCC(C2)N4C2CC4CCCC(C4)C2)CC=CC=C3)C1. The first-order valence-corrected chi connectivity index (χ1v) is 18.3. The number of nitrogens with zero attached hydrogens (tertiary/aromatic N) is 4. The predicted octanol–water partition coefficient (Wildman–Crippen LogP) is 6.39. The number of aromatic nitrogens is 2. The number of fused-ring (bicyclic) bond motifs is 5. The Morgan fingerprint density at radius 3 is 2.30 bits per heavy atom. The van der Waals surface area contributed by atoms with E-state index in [9.17, 15) is 0 Å². The topological polar surface area (TPSA) is 52.0 Å². The third-order valence-corrected chi connectivity index (χ3v) is 12.0. The molecule has 1 aromatic rings. The molecule has 5 unspecified atom stereocenters. The molecule has 7 rings (SSSR count). The van der Waals surface area contributed by atoms with E-state index in [1.165, 1.54) is 107 Å². The van der Waals surface area contributed by atoms with Gasteiger partial charge in [0.15, 0.2) is 0 Å². The number of allylic oxidation sites excluding steroid dienone is 3. The molecule has 0 aromatic carbocycles. The highest BCUT2D eigenvalue weighted by Crippen LogP contribution is 2.48. The summed E-state index contributed by atoms with van der Waals surface area (Å²) in [6.07, 6.45) is 28.4. The Bertz CT molecular complexity index is 1110. The predicted molar refractivity (Wildman–Crippen MR) is 176 cm³/mol. The fraction of sp³-hybridized carbons (Fsp3) is 0.811. The van der Waals surface area contributed by atoms with Crippen LogP contribution in [0.25, 0.3) is 6.08 Å². The van der Waals surface area contributed by atoms with E-state index in [0.717, 1.165) is 56.1 Å². The van der Waals surface area contributed by atoms with Crippen molar-refractivity contribution in [2.45, 2.75) is 120 Å². The van der Waals surface area contributed by atoms with Crippen LogP contribution in [-0.4, -0.2) is 97.3 Å². The van der Waals surface area contributed by atoms with E-state index in [0.29, 0.717) is 38.4 Å². The lowest BCUT2D eigenvalue weighted by Crippen LogP contribution is -2.58. The Labute approximate surface area is 266 Å². The minimum Gasteiger partial charge on any atom is -0.382 e. The normalized spacial score (nSPS) is 34.2. The molecule has 3 aliphatic carbocycles. The number of hydrogen-bond acceptors (Lipinski definition) is 6. The van der Waals surface area contributed by atoms with Gasteiger partial charge in [0.1, 0.15) is 5.82 Å². The van der Waals surface area contributed by atoms with Gasteiger partial charge in [-0.2, -0.15) is 0 Å². The molecular formula is C37H58N4O3. The average Bonchev–Trinajstić information content (AvgIpc) is 3.24. The summed E-state index contributed by atoms with van der Waals surface area (Å²) in [5.41, 5.74) is 2.70. The molecule has 4 heterocycles. The van der Waals surface area contributed by atoms with E-state index in [-0.39, 0.29) is 0 Å². The number of rotatable bonds is 12. The minimum atomic E-state index is 0.501. The minimum absolute atomic E-state index is 0.501. The summed E-state index contributed by atoms with van der Waals surface area (Å²) < 4.78 is 19.4. The molecule has 5 fully saturated rings. The first kappa shape index (κ1) is 31.1. The van der Waals surface area contributed by atoms with Gasteiger partial charge in [0.05, 0.1) is 38.7 Å². The van der Waals surface area contributed by atoms with Gasteiger partial charge in [-0.15, -0.1) is 0 Å². The van der Waals surface area contributed by atoms with E-state index < -0.39 is 0 Å². The summed E-state index contributed by atoms with van der Waals surface area (Å²) in [5, 5.41) is 0. The van der Waals surface area contributed by atoms with Gasteiger partial charge >= 0.3 is 0 Å². The zero-order valence-corrected chi connectivity index (χ0v) is 27.4. The van der Waals surface area contributed by atoms with E-state index in [1.54, 1.807) is 7.11 Å². The summed E-state index contributed by atoms with van der Waals surface area (Å²) in [5.74, 6) is 3.90. The van der Waals surface area contributed by atoms with Crippen LogP contribution in [0.4, 0.5) is 0 Å². The van der Waals surface area contributed by atoms with Gasteiger partial charge in [0.2, 0.25) is 0 Å². The maximum absolute atomic E-state index is 5.93. The van der Waals surface area contributed by atoms with Crippen molar-refractivity contribution in [3.8, 4) is 0 Å². The molecule has 0 radical (unpaired) electrons. The summed E-state index contributed by atoms with van der Waals surface area (Å²) in [4.78, 5) is 11.2. The van der Waals surface area contributed by atoms with Crippen molar-refractivity contribution >= 4 is 6.08 Å². The monoisotopic (exact) mass is 606 g/mol. The zero-order chi connectivity index (χ0) is 29.7. The first-order chi connectivity index (χ1) is 21.8. The summed E-state index contributed by atoms with van der Waals surface area (Å²) in [7, 11) is 1.71. The third kappa shape index (κ3) is 7.07. The van der Waals surface area contributed by atoms with Crippen LogP contribution in [0.15, 0.2) is 18.2 Å². The molecule has 2 saturated carbocycles. The smallest absolute Gasteiger partial charge is 0.114 e. The van der Waals surface area contributed by atoms with Crippen LogP contribution in [0, 0.1) is 11.8 Å². The summed E-state index contributed by atoms with van der Waals surface area (Å²) in [6.45, 7) is 6.59. The van der Waals surface area contributed by atoms with E-state index in [4.69, 9.17) is 19.2 Å². The molecule has 44 heavy (non-hydrogen) atoms. The number of methoxy groups -OCH3 is 1. The molecule has 244 valence electrons. The summed E-state index contributed by atoms with van der Waals surface area (Å²) in [6, 6.07) is 2.97. The van der Waals surface area contributed by atoms with E-state index in [1.807, 2.05) is 0 Å². The lowest BCUT2D eigenvalue weighted by atomic mass is 9.68.